The van der Waals surface area contributed by atoms with Crippen LogP contribution < -0.4 is 10.6 Å². The monoisotopic (exact) mass is 1150 g/mol. The molecule has 0 radical (unpaired) electrons. The largest absolute Gasteiger partial charge is 0.480 e. The molecule has 4 N–H and O–H groups in total. The number of hydrogen-bond donors (Lipinski definition) is 4. The zero-order valence-corrected chi connectivity index (χ0v) is 43.6. The summed E-state index contributed by atoms with van der Waals surface area (Å²) in [5.41, 5.74) is 2.27. The third-order valence-electron chi connectivity index (χ3n) is 11.8. The first-order chi connectivity index (χ1) is 35.5. The highest BCUT2D eigenvalue weighted by molar-refractivity contribution is 9.10. The molecule has 74 heavy (non-hydrogen) atoms. The van der Waals surface area contributed by atoms with Gasteiger partial charge in [0.15, 0.2) is 21.7 Å². The number of nitrogens with zero attached hydrogens (tertiary/aromatic N) is 6. The lowest BCUT2D eigenvalue weighted by molar-refractivity contribution is -0.148. The quantitative estimate of drug-likeness (QED) is 0.0592. The van der Waals surface area contributed by atoms with Crippen molar-refractivity contribution in [2.45, 2.75) is 63.3 Å². The number of esters is 2. The lowest BCUT2D eigenvalue weighted by Gasteiger charge is -2.36. The van der Waals surface area contributed by atoms with E-state index in [0.717, 1.165) is 6.07 Å². The van der Waals surface area contributed by atoms with E-state index in [1.54, 1.807) is 48.0 Å². The second-order valence-electron chi connectivity index (χ2n) is 16.8. The highest BCUT2D eigenvalue weighted by Gasteiger charge is 2.39. The first-order valence-corrected chi connectivity index (χ1v) is 26.1. The van der Waals surface area contributed by atoms with Gasteiger partial charge in [0.1, 0.15) is 49.3 Å². The number of thiazole rings is 2. The second kappa shape index (κ2) is 26.2. The molecule has 2 saturated heterocycles. The molecule has 2 aromatic heterocycles. The second-order valence-corrected chi connectivity index (χ2v) is 19.9. The summed E-state index contributed by atoms with van der Waals surface area (Å²) in [6, 6.07) is 6.25. The van der Waals surface area contributed by atoms with Crippen molar-refractivity contribution in [1.82, 2.24) is 30.4 Å². The van der Waals surface area contributed by atoms with Gasteiger partial charge in [0.25, 0.3) is 0 Å². The van der Waals surface area contributed by atoms with Crippen LogP contribution in [-0.2, 0) is 38.1 Å². The van der Waals surface area contributed by atoms with Crippen LogP contribution in [0.25, 0.3) is 0 Å². The fourth-order valence-electron chi connectivity index (χ4n) is 8.49. The Bertz CT molecular complexity index is 2610. The normalized spacial score (nSPS) is 22.4. The molecule has 0 amide bonds. The Morgan fingerprint density at radius 3 is 1.57 bits per heavy atom. The lowest BCUT2D eigenvalue weighted by Crippen LogP contribution is -2.48. The van der Waals surface area contributed by atoms with Crippen LogP contribution in [0.15, 0.2) is 96.5 Å². The number of carbonyl (C=O) groups is 4. The summed E-state index contributed by atoms with van der Waals surface area (Å²) in [4.78, 5) is 69.7. The number of piperidine rings is 2. The molecule has 2 fully saturated rings. The van der Waals surface area contributed by atoms with Crippen molar-refractivity contribution in [3.8, 4) is 0 Å². The van der Waals surface area contributed by atoms with Gasteiger partial charge in [-0.2, -0.15) is 0 Å². The van der Waals surface area contributed by atoms with Crippen LogP contribution in [0.5, 0.6) is 0 Å². The van der Waals surface area contributed by atoms with Gasteiger partial charge in [-0.3, -0.25) is 19.8 Å². The van der Waals surface area contributed by atoms with E-state index in [2.05, 4.69) is 36.5 Å². The molecule has 0 spiro atoms. The Labute approximate surface area is 443 Å². The van der Waals surface area contributed by atoms with Crippen LogP contribution in [0.1, 0.15) is 59.9 Å². The van der Waals surface area contributed by atoms with Gasteiger partial charge in [-0.15, -0.1) is 22.7 Å². The minimum atomic E-state index is -1.42. The molecule has 396 valence electrons. The van der Waals surface area contributed by atoms with Crippen molar-refractivity contribution in [3.05, 3.63) is 124 Å². The highest BCUT2D eigenvalue weighted by Crippen LogP contribution is 2.39. The molecule has 0 saturated carbocycles. The number of aliphatic imine (C=N–C) groups is 2. The predicted molar refractivity (Wildman–Crippen MR) is 269 cm³/mol. The van der Waals surface area contributed by atoms with Crippen LogP contribution in [0.4, 0.5) is 17.6 Å². The van der Waals surface area contributed by atoms with Crippen molar-refractivity contribution in [2.75, 3.05) is 65.7 Å². The number of benzene rings is 2. The van der Waals surface area contributed by atoms with Crippen molar-refractivity contribution in [3.63, 3.8) is 0 Å². The van der Waals surface area contributed by atoms with Gasteiger partial charge in [0.2, 0.25) is 0 Å². The van der Waals surface area contributed by atoms with E-state index in [0.29, 0.717) is 61.8 Å². The standard InChI is InChI=1S/C24H25BrF2N4O5S.C24H25ClF2N4O5S/c2*1-2-35-24(34)20-17(11-31-7-5-18(16(27)10-31)36-12-19(32)33)29-22(23-28-6-8-37-23)30-21(20)14-4-3-13(26)9-15(14)25/h2*3-4,6,8-9,16,18,21H,2,5,7,10-12H2,1H3,(H,29,30)(H,32,33). The minimum Gasteiger partial charge on any atom is -0.480 e. The number of rotatable bonds is 18. The first-order valence-electron chi connectivity index (χ1n) is 23.1. The number of likely N-dealkylation sites (tertiary alicyclic amines) is 2. The third kappa shape index (κ3) is 14.4. The van der Waals surface area contributed by atoms with E-state index in [4.69, 9.17) is 50.7 Å². The number of aliphatic carboxylic acids is 2. The van der Waals surface area contributed by atoms with Crippen LogP contribution in [0.3, 0.4) is 0 Å². The molecule has 6 atom stereocenters. The summed E-state index contributed by atoms with van der Waals surface area (Å²) >= 11 is 12.5. The number of aromatic nitrogens is 2. The average molecular weight is 1150 g/mol. The fraction of sp³-hybridized carbons (Fsp3) is 0.417. The maximum atomic E-state index is 14.9. The number of carbonyl (C=O) groups excluding carboxylic acids is 2. The van der Waals surface area contributed by atoms with Gasteiger partial charge in [0, 0.05) is 88.9 Å². The predicted octanol–water partition coefficient (Wildman–Crippen LogP) is 6.82. The Morgan fingerprint density at radius 2 is 1.18 bits per heavy atom. The Hall–Kier alpha value is -5.67. The molecular formula is C48H50BrClF4N8O10S2. The van der Waals surface area contributed by atoms with Gasteiger partial charge in [0.05, 0.1) is 36.6 Å². The summed E-state index contributed by atoms with van der Waals surface area (Å²) in [5.74, 6) is -3.70. The van der Waals surface area contributed by atoms with E-state index < -0.39 is 85.4 Å². The molecule has 4 aliphatic heterocycles. The SMILES string of the molecule is CCOC(=O)C1=C(CN2CCC(OCC(=O)O)C(F)C2)NC(c2nccs2)=NC1c1ccc(F)cc1Br.CCOC(=O)C1=C(CN2CCC(OCC(=O)O)C(F)C2)NC(c2nccs2)=NC1c1ccc(F)cc1Cl. The van der Waals surface area contributed by atoms with Gasteiger partial charge in [-0.25, -0.2) is 46.7 Å². The van der Waals surface area contributed by atoms with Crippen molar-refractivity contribution in [2.24, 2.45) is 9.98 Å². The Balaban J connectivity index is 0.000000216. The molecule has 4 aliphatic rings. The number of carboxylic acid groups (broad SMARTS) is 2. The summed E-state index contributed by atoms with van der Waals surface area (Å²) in [6.07, 6.45) is -0.663. The zero-order chi connectivity index (χ0) is 53.1. The van der Waals surface area contributed by atoms with E-state index >= 15 is 0 Å². The number of alkyl halides is 2. The maximum absolute atomic E-state index is 14.9. The van der Waals surface area contributed by atoms with Crippen molar-refractivity contribution >= 4 is 85.8 Å². The number of halogens is 6. The Kier molecular flexibility index (Phi) is 19.9. The van der Waals surface area contributed by atoms with Gasteiger partial charge >= 0.3 is 23.9 Å². The third-order valence-corrected chi connectivity index (χ3v) is 14.3. The first kappa shape index (κ1) is 56.1. The number of carboxylic acids is 2. The smallest absolute Gasteiger partial charge is 0.338 e. The molecule has 26 heteroatoms. The van der Waals surface area contributed by atoms with Crippen LogP contribution in [-0.4, -0.2) is 156 Å². The minimum absolute atomic E-state index is 0.0137. The highest BCUT2D eigenvalue weighted by atomic mass is 79.9. The number of amidine groups is 2. The number of nitrogens with one attached hydrogen (secondary N) is 2. The van der Waals surface area contributed by atoms with E-state index in [1.165, 1.54) is 46.9 Å². The number of ether oxygens (including phenoxy) is 4. The van der Waals surface area contributed by atoms with Gasteiger partial charge < -0.3 is 39.8 Å². The van der Waals surface area contributed by atoms with E-state index in [9.17, 15) is 36.7 Å². The van der Waals surface area contributed by atoms with Gasteiger partial charge in [-0.05, 0) is 56.5 Å². The Morgan fingerprint density at radius 1 is 0.730 bits per heavy atom. The van der Waals surface area contributed by atoms with Crippen LogP contribution >= 0.6 is 50.2 Å². The molecule has 8 rings (SSSR count). The lowest BCUT2D eigenvalue weighted by atomic mass is 9.94. The maximum Gasteiger partial charge on any atom is 0.338 e. The zero-order valence-electron chi connectivity index (χ0n) is 39.7. The number of hydrogen-bond acceptors (Lipinski definition) is 18. The molecule has 0 bridgehead atoms. The average Bonchev–Trinajstić information content (AvgIpc) is 4.10. The molecule has 4 aromatic rings. The van der Waals surface area contributed by atoms with Gasteiger partial charge in [-0.1, -0.05) is 39.7 Å². The van der Waals surface area contributed by atoms with E-state index in [1.807, 2.05) is 4.90 Å². The molecule has 2 aromatic carbocycles. The summed E-state index contributed by atoms with van der Waals surface area (Å²) in [6.45, 7) is 3.56. The summed E-state index contributed by atoms with van der Waals surface area (Å²) < 4.78 is 78.9. The summed E-state index contributed by atoms with van der Waals surface area (Å²) in [5, 5.41) is 28.8. The molecule has 18 nitrogen and oxygen atoms in total. The molecule has 0 aliphatic carbocycles. The molecule has 6 unspecified atom stereocenters. The topological polar surface area (TPSA) is 227 Å². The van der Waals surface area contributed by atoms with E-state index in [-0.39, 0.29) is 68.4 Å². The summed E-state index contributed by atoms with van der Waals surface area (Å²) in [7, 11) is 0. The van der Waals surface area contributed by atoms with Crippen molar-refractivity contribution in [1.29, 1.82) is 0 Å². The fourth-order valence-corrected chi connectivity index (χ4v) is 10.5. The molecular weight excluding hydrogens is 1100 g/mol. The van der Waals surface area contributed by atoms with Crippen molar-refractivity contribution < 1.29 is 65.9 Å². The van der Waals surface area contributed by atoms with Crippen LogP contribution in [0, 0.1) is 11.6 Å². The molecule has 6 heterocycles. The van der Waals surface area contributed by atoms with Crippen LogP contribution in [0.2, 0.25) is 5.02 Å².